The molecule has 3 aromatic heterocycles. The number of piperazine rings is 1. The third-order valence-electron chi connectivity index (χ3n) is 7.35. The summed E-state index contributed by atoms with van der Waals surface area (Å²) in [7, 11) is 0. The maximum absolute atomic E-state index is 10.6. The summed E-state index contributed by atoms with van der Waals surface area (Å²) < 4.78 is 65.8. The number of pyridine rings is 1. The molecule has 0 spiro atoms. The third kappa shape index (κ3) is 9.28. The van der Waals surface area contributed by atoms with Crippen LogP contribution < -0.4 is 4.90 Å². The number of carboxylic acids is 2. The number of thiazole rings is 1. The van der Waals surface area contributed by atoms with Crippen molar-refractivity contribution in [3.05, 3.63) is 46.7 Å². The molecule has 242 valence electrons. The molecule has 0 aromatic carbocycles. The fourth-order valence-corrected chi connectivity index (χ4v) is 5.71. The molecule has 3 aromatic rings. The smallest absolute Gasteiger partial charge is 0.475 e. The number of anilines is 1. The monoisotopic (exact) mass is 650 g/mol. The largest absolute Gasteiger partial charge is 0.490 e. The van der Waals surface area contributed by atoms with Crippen molar-refractivity contribution < 1.29 is 46.1 Å². The van der Waals surface area contributed by atoms with Crippen LogP contribution in [-0.2, 0) is 16.1 Å². The van der Waals surface area contributed by atoms with Crippen LogP contribution in [0.5, 0.6) is 0 Å². The van der Waals surface area contributed by atoms with Crippen molar-refractivity contribution in [2.45, 2.75) is 50.6 Å². The Balaban J connectivity index is 0.000000265. The lowest BCUT2D eigenvalue weighted by atomic mass is 10.1. The Morgan fingerprint density at radius 3 is 2.14 bits per heavy atom. The van der Waals surface area contributed by atoms with Gasteiger partial charge in [-0.15, -0.1) is 11.3 Å². The zero-order valence-electron chi connectivity index (χ0n) is 23.5. The van der Waals surface area contributed by atoms with Gasteiger partial charge in [0.1, 0.15) is 16.5 Å². The predicted octanol–water partition coefficient (Wildman–Crippen LogP) is 4.93. The highest BCUT2D eigenvalue weighted by atomic mass is 32.1. The van der Waals surface area contributed by atoms with Gasteiger partial charge in [0.05, 0.1) is 18.3 Å². The minimum atomic E-state index is -5.08. The fourth-order valence-electron chi connectivity index (χ4n) is 5.05. The van der Waals surface area contributed by atoms with Crippen molar-refractivity contribution in [2.75, 3.05) is 44.2 Å². The maximum atomic E-state index is 10.6. The first-order chi connectivity index (χ1) is 20.7. The molecule has 1 atom stereocenters. The highest BCUT2D eigenvalue weighted by molar-refractivity contribution is 7.09. The maximum Gasteiger partial charge on any atom is 0.490 e. The summed E-state index contributed by atoms with van der Waals surface area (Å²) in [5.41, 5.74) is 2.31. The SMILES string of the molecule is O=C(O)C(F)(F)F.O=C(O)C(F)(F)F.c1cc(N2CCCC2)n2cc(C3CN(Cc4nccs4)CCN3CC3CC3)nc2c1. The van der Waals surface area contributed by atoms with Gasteiger partial charge < -0.3 is 15.1 Å². The molecule has 2 N–H and O–H groups in total. The van der Waals surface area contributed by atoms with Crippen molar-refractivity contribution >= 4 is 34.7 Å². The van der Waals surface area contributed by atoms with E-state index >= 15 is 0 Å². The molecule has 3 fully saturated rings. The van der Waals surface area contributed by atoms with Crippen LogP contribution in [0.15, 0.2) is 36.0 Å². The van der Waals surface area contributed by atoms with Crippen molar-refractivity contribution in [3.63, 3.8) is 0 Å². The zero-order chi connectivity index (χ0) is 32.1. The first-order valence-electron chi connectivity index (χ1n) is 13.9. The van der Waals surface area contributed by atoms with Crippen molar-refractivity contribution in [3.8, 4) is 0 Å². The number of hydrogen-bond donors (Lipinski definition) is 2. The number of halogens is 6. The molecule has 5 heterocycles. The van der Waals surface area contributed by atoms with Crippen LogP contribution in [0.4, 0.5) is 32.2 Å². The van der Waals surface area contributed by atoms with E-state index in [2.05, 4.69) is 53.9 Å². The Hall–Kier alpha value is -3.44. The summed E-state index contributed by atoms with van der Waals surface area (Å²) >= 11 is 1.76. The number of fused-ring (bicyclic) bond motifs is 1. The topological polar surface area (TPSA) is 115 Å². The van der Waals surface area contributed by atoms with E-state index in [1.807, 2.05) is 6.20 Å². The summed E-state index contributed by atoms with van der Waals surface area (Å²) in [6.45, 7) is 7.78. The number of carboxylic acid groups (broad SMARTS) is 2. The molecular weight excluding hydrogens is 618 g/mol. The van der Waals surface area contributed by atoms with E-state index in [4.69, 9.17) is 24.8 Å². The van der Waals surface area contributed by atoms with Crippen LogP contribution in [0.1, 0.15) is 42.4 Å². The lowest BCUT2D eigenvalue weighted by Gasteiger charge is -2.40. The first-order valence-corrected chi connectivity index (χ1v) is 14.8. The molecule has 44 heavy (non-hydrogen) atoms. The van der Waals surface area contributed by atoms with E-state index in [1.54, 1.807) is 11.3 Å². The lowest BCUT2D eigenvalue weighted by Crippen LogP contribution is -2.48. The van der Waals surface area contributed by atoms with E-state index in [-0.39, 0.29) is 0 Å². The van der Waals surface area contributed by atoms with Crippen molar-refractivity contribution in [2.24, 2.45) is 5.92 Å². The highest BCUT2D eigenvalue weighted by Gasteiger charge is 2.39. The predicted molar refractivity (Wildman–Crippen MR) is 148 cm³/mol. The molecule has 1 aliphatic carbocycles. The Bertz CT molecular complexity index is 1370. The van der Waals surface area contributed by atoms with E-state index in [1.165, 1.54) is 48.7 Å². The Labute approximate surface area is 252 Å². The standard InChI is InChI=1S/C23H30N6S.2C2HF3O2/c1-2-10-27(9-1)23-5-3-4-21-25-19(15-29(21)23)20-16-26(17-22-24-8-13-30-22)11-12-28(20)14-18-6-7-18;2*3-2(4,5)1(6)7/h3-5,8,13,15,18,20H,1-2,6-7,9-12,14,16-17H2;2*(H,6,7). The van der Waals surface area contributed by atoms with Gasteiger partial charge in [0.25, 0.3) is 0 Å². The molecule has 17 heteroatoms. The molecule has 3 aliphatic rings. The second kappa shape index (κ2) is 14.1. The van der Waals surface area contributed by atoms with Crippen LogP contribution in [0.2, 0.25) is 0 Å². The zero-order valence-corrected chi connectivity index (χ0v) is 24.3. The average molecular weight is 651 g/mol. The third-order valence-corrected chi connectivity index (χ3v) is 8.12. The molecular formula is C27H32F6N6O4S. The van der Waals surface area contributed by atoms with E-state index < -0.39 is 24.3 Å². The molecule has 2 saturated heterocycles. The summed E-state index contributed by atoms with van der Waals surface area (Å²) in [5.74, 6) is -3.32. The lowest BCUT2D eigenvalue weighted by molar-refractivity contribution is -0.193. The first kappa shape index (κ1) is 33.5. The molecule has 1 unspecified atom stereocenters. The van der Waals surface area contributed by atoms with Gasteiger partial charge in [-0.2, -0.15) is 26.3 Å². The summed E-state index contributed by atoms with van der Waals surface area (Å²) in [6, 6.07) is 6.94. The van der Waals surface area contributed by atoms with Gasteiger partial charge in [-0.3, -0.25) is 14.2 Å². The number of aliphatic carboxylic acids is 2. The van der Waals surface area contributed by atoms with Crippen molar-refractivity contribution in [1.29, 1.82) is 0 Å². The van der Waals surface area contributed by atoms with E-state index in [0.29, 0.717) is 6.04 Å². The van der Waals surface area contributed by atoms with Crippen molar-refractivity contribution in [1.82, 2.24) is 24.2 Å². The second-order valence-electron chi connectivity index (χ2n) is 10.7. The molecule has 0 amide bonds. The number of aromatic nitrogens is 3. The second-order valence-corrected chi connectivity index (χ2v) is 11.7. The molecule has 2 aliphatic heterocycles. The van der Waals surface area contributed by atoms with Gasteiger partial charge in [-0.25, -0.2) is 19.6 Å². The summed E-state index contributed by atoms with van der Waals surface area (Å²) in [6.07, 6.45) is -0.543. The number of rotatable bonds is 6. The molecule has 0 bridgehead atoms. The van der Waals surface area contributed by atoms with Crippen LogP contribution in [0, 0.1) is 5.92 Å². The van der Waals surface area contributed by atoms with Crippen LogP contribution in [0.25, 0.3) is 5.65 Å². The minimum absolute atomic E-state index is 0.366. The minimum Gasteiger partial charge on any atom is -0.475 e. The molecule has 10 nitrogen and oxygen atoms in total. The Morgan fingerprint density at radius 2 is 1.59 bits per heavy atom. The number of hydrogen-bond acceptors (Lipinski definition) is 8. The van der Waals surface area contributed by atoms with Crippen LogP contribution in [0.3, 0.4) is 0 Å². The van der Waals surface area contributed by atoms with Gasteiger partial charge in [0.15, 0.2) is 0 Å². The van der Waals surface area contributed by atoms with E-state index in [0.717, 1.165) is 50.8 Å². The normalized spacial score (nSPS) is 19.7. The van der Waals surface area contributed by atoms with Gasteiger partial charge in [0.2, 0.25) is 0 Å². The van der Waals surface area contributed by atoms with Gasteiger partial charge in [0, 0.05) is 57.0 Å². The van der Waals surface area contributed by atoms with Gasteiger partial charge >= 0.3 is 24.3 Å². The van der Waals surface area contributed by atoms with Gasteiger partial charge in [-0.1, -0.05) is 6.07 Å². The Morgan fingerprint density at radius 1 is 0.955 bits per heavy atom. The Kier molecular flexibility index (Phi) is 10.7. The molecule has 1 saturated carbocycles. The van der Waals surface area contributed by atoms with Gasteiger partial charge in [-0.05, 0) is 43.7 Å². The average Bonchev–Trinajstić information content (AvgIpc) is 3.34. The number of nitrogens with zero attached hydrogens (tertiary/aromatic N) is 6. The quantitative estimate of drug-likeness (QED) is 0.359. The molecule has 0 radical (unpaired) electrons. The number of alkyl halides is 6. The molecule has 6 rings (SSSR count). The van der Waals surface area contributed by atoms with Crippen LogP contribution in [-0.4, -0.2) is 97.9 Å². The number of imidazole rings is 1. The fraction of sp³-hybridized carbons (Fsp3) is 0.556. The van der Waals surface area contributed by atoms with E-state index in [9.17, 15) is 26.3 Å². The summed E-state index contributed by atoms with van der Waals surface area (Å²) in [4.78, 5) is 35.2. The number of carbonyl (C=O) groups is 2. The highest BCUT2D eigenvalue weighted by Crippen LogP contribution is 2.35. The summed E-state index contributed by atoms with van der Waals surface area (Å²) in [5, 5.41) is 17.5. The van der Waals surface area contributed by atoms with Crippen LogP contribution >= 0.6 is 11.3 Å².